The molecule has 4 nitrogen and oxygen atoms in total. The number of benzene rings is 1. The van der Waals surface area contributed by atoms with Gasteiger partial charge in [0, 0.05) is 35.2 Å². The SMILES string of the molecule is Cc1csc(CCN2C(=O)c3c(C)cccc3C2C#N)n1. The van der Waals surface area contributed by atoms with Gasteiger partial charge in [-0.2, -0.15) is 5.26 Å². The Morgan fingerprint density at radius 2 is 2.24 bits per heavy atom. The van der Waals surface area contributed by atoms with Crippen molar-refractivity contribution >= 4 is 17.2 Å². The van der Waals surface area contributed by atoms with Gasteiger partial charge < -0.3 is 4.90 Å². The molecule has 1 aliphatic heterocycles. The van der Waals surface area contributed by atoms with E-state index in [9.17, 15) is 10.1 Å². The first-order valence-electron chi connectivity index (χ1n) is 6.83. The quantitative estimate of drug-likeness (QED) is 0.875. The zero-order valence-corrected chi connectivity index (χ0v) is 12.8. The summed E-state index contributed by atoms with van der Waals surface area (Å²) in [6, 6.07) is 7.47. The van der Waals surface area contributed by atoms with Crippen molar-refractivity contribution in [3.8, 4) is 6.07 Å². The van der Waals surface area contributed by atoms with Crippen LogP contribution in [-0.2, 0) is 6.42 Å². The molecule has 106 valence electrons. The van der Waals surface area contributed by atoms with Gasteiger partial charge in [0.05, 0.1) is 11.1 Å². The van der Waals surface area contributed by atoms with E-state index in [1.807, 2.05) is 37.4 Å². The third-order valence-electron chi connectivity index (χ3n) is 3.74. The van der Waals surface area contributed by atoms with Crippen molar-refractivity contribution in [2.45, 2.75) is 26.3 Å². The van der Waals surface area contributed by atoms with Gasteiger partial charge in [0.1, 0.15) is 6.04 Å². The predicted molar refractivity (Wildman–Crippen MR) is 81.1 cm³/mol. The van der Waals surface area contributed by atoms with Crippen LogP contribution in [0.5, 0.6) is 0 Å². The van der Waals surface area contributed by atoms with Crippen molar-refractivity contribution < 1.29 is 4.79 Å². The highest BCUT2D eigenvalue weighted by molar-refractivity contribution is 7.09. The summed E-state index contributed by atoms with van der Waals surface area (Å²) in [5, 5.41) is 12.4. The Morgan fingerprint density at radius 3 is 2.90 bits per heavy atom. The molecule has 0 spiro atoms. The molecule has 2 heterocycles. The zero-order valence-electron chi connectivity index (χ0n) is 12.0. The number of amides is 1. The van der Waals surface area contributed by atoms with Crippen molar-refractivity contribution in [2.75, 3.05) is 6.54 Å². The minimum absolute atomic E-state index is 0.0390. The summed E-state index contributed by atoms with van der Waals surface area (Å²) in [5.74, 6) is -0.0390. The summed E-state index contributed by atoms with van der Waals surface area (Å²) in [7, 11) is 0. The third kappa shape index (κ3) is 2.32. The van der Waals surface area contributed by atoms with Crippen LogP contribution in [0.1, 0.15) is 38.2 Å². The number of hydrogen-bond acceptors (Lipinski definition) is 4. The topological polar surface area (TPSA) is 57.0 Å². The standard InChI is InChI=1S/C16H15N3OS/c1-10-4-3-5-12-13(8-17)19(16(20)15(10)12)7-6-14-18-11(2)9-21-14/h3-5,9,13H,6-7H2,1-2H3. The van der Waals surface area contributed by atoms with Crippen LogP contribution in [0.25, 0.3) is 0 Å². The van der Waals surface area contributed by atoms with Crippen molar-refractivity contribution in [1.29, 1.82) is 5.26 Å². The maximum atomic E-state index is 12.6. The molecule has 0 aliphatic carbocycles. The van der Waals surface area contributed by atoms with E-state index in [2.05, 4.69) is 11.1 Å². The molecular formula is C16H15N3OS. The monoisotopic (exact) mass is 297 g/mol. The number of nitriles is 1. The molecule has 5 heteroatoms. The highest BCUT2D eigenvalue weighted by Crippen LogP contribution is 2.34. The average molecular weight is 297 g/mol. The van der Waals surface area contributed by atoms with E-state index < -0.39 is 6.04 Å². The number of thiazole rings is 1. The van der Waals surface area contributed by atoms with E-state index in [0.717, 1.165) is 21.8 Å². The minimum atomic E-state index is -0.478. The van der Waals surface area contributed by atoms with Crippen LogP contribution in [0, 0.1) is 25.2 Å². The molecule has 21 heavy (non-hydrogen) atoms. The van der Waals surface area contributed by atoms with Gasteiger partial charge in [-0.3, -0.25) is 4.79 Å². The van der Waals surface area contributed by atoms with Crippen LogP contribution in [0.15, 0.2) is 23.6 Å². The second-order valence-electron chi connectivity index (χ2n) is 5.20. The van der Waals surface area contributed by atoms with Gasteiger partial charge in [-0.25, -0.2) is 4.98 Å². The molecule has 0 fully saturated rings. The second kappa shape index (κ2) is 5.30. The summed E-state index contributed by atoms with van der Waals surface area (Å²) in [4.78, 5) is 18.6. The smallest absolute Gasteiger partial charge is 0.255 e. The summed E-state index contributed by atoms with van der Waals surface area (Å²) in [6.45, 7) is 4.40. The zero-order chi connectivity index (χ0) is 15.0. The molecule has 1 amide bonds. The number of hydrogen-bond donors (Lipinski definition) is 0. The van der Waals surface area contributed by atoms with Crippen LogP contribution in [0.3, 0.4) is 0 Å². The van der Waals surface area contributed by atoms with Crippen molar-refractivity contribution in [3.63, 3.8) is 0 Å². The van der Waals surface area contributed by atoms with Crippen molar-refractivity contribution in [3.05, 3.63) is 51.0 Å². The molecule has 1 aliphatic rings. The van der Waals surface area contributed by atoms with E-state index >= 15 is 0 Å². The fraction of sp³-hybridized carbons (Fsp3) is 0.312. The largest absolute Gasteiger partial charge is 0.318 e. The van der Waals surface area contributed by atoms with Gasteiger partial charge in [-0.1, -0.05) is 18.2 Å². The lowest BCUT2D eigenvalue weighted by Crippen LogP contribution is -2.29. The van der Waals surface area contributed by atoms with E-state index in [-0.39, 0.29) is 5.91 Å². The van der Waals surface area contributed by atoms with Gasteiger partial charge in [0.2, 0.25) is 0 Å². The predicted octanol–water partition coefficient (Wildman–Crippen LogP) is 3.02. The highest BCUT2D eigenvalue weighted by Gasteiger charge is 2.37. The Hall–Kier alpha value is -2.19. The molecule has 0 saturated heterocycles. The molecule has 2 aromatic rings. The number of fused-ring (bicyclic) bond motifs is 1. The minimum Gasteiger partial charge on any atom is -0.318 e. The number of rotatable bonds is 3. The Bertz CT molecular complexity index is 744. The van der Waals surface area contributed by atoms with Gasteiger partial charge >= 0.3 is 0 Å². The Labute approximate surface area is 127 Å². The Balaban J connectivity index is 1.85. The number of carbonyl (C=O) groups excluding carboxylic acids is 1. The number of carbonyl (C=O) groups is 1. The highest BCUT2D eigenvalue weighted by atomic mass is 32.1. The van der Waals surface area contributed by atoms with Crippen LogP contribution in [0.2, 0.25) is 0 Å². The third-order valence-corrected chi connectivity index (χ3v) is 4.77. The first-order valence-corrected chi connectivity index (χ1v) is 7.71. The van der Waals surface area contributed by atoms with E-state index in [0.29, 0.717) is 18.5 Å². The van der Waals surface area contributed by atoms with Gasteiger partial charge in [0.25, 0.3) is 5.91 Å². The molecule has 1 unspecified atom stereocenters. The lowest BCUT2D eigenvalue weighted by Gasteiger charge is -2.19. The molecule has 3 rings (SSSR count). The maximum absolute atomic E-state index is 12.6. The molecule has 1 atom stereocenters. The molecule has 1 aromatic carbocycles. The maximum Gasteiger partial charge on any atom is 0.255 e. The lowest BCUT2D eigenvalue weighted by molar-refractivity contribution is 0.0759. The van der Waals surface area contributed by atoms with Crippen LogP contribution in [-0.4, -0.2) is 22.3 Å². The number of aromatic nitrogens is 1. The summed E-state index contributed by atoms with van der Waals surface area (Å²) in [5.41, 5.74) is 3.46. The van der Waals surface area contributed by atoms with Crippen molar-refractivity contribution in [2.24, 2.45) is 0 Å². The molecule has 0 radical (unpaired) electrons. The van der Waals surface area contributed by atoms with Crippen LogP contribution < -0.4 is 0 Å². The molecule has 0 saturated carbocycles. The van der Waals surface area contributed by atoms with E-state index in [1.165, 1.54) is 0 Å². The van der Waals surface area contributed by atoms with Gasteiger partial charge in [-0.05, 0) is 19.4 Å². The first-order chi connectivity index (χ1) is 10.1. The number of aryl methyl sites for hydroxylation is 2. The van der Waals surface area contributed by atoms with Gasteiger partial charge in [-0.15, -0.1) is 11.3 Å². The van der Waals surface area contributed by atoms with Crippen LogP contribution >= 0.6 is 11.3 Å². The summed E-state index contributed by atoms with van der Waals surface area (Å²) < 4.78 is 0. The van der Waals surface area contributed by atoms with E-state index in [1.54, 1.807) is 16.2 Å². The van der Waals surface area contributed by atoms with Crippen molar-refractivity contribution in [1.82, 2.24) is 9.88 Å². The fourth-order valence-corrected chi connectivity index (χ4v) is 3.51. The summed E-state index contributed by atoms with van der Waals surface area (Å²) >= 11 is 1.60. The number of nitrogens with zero attached hydrogens (tertiary/aromatic N) is 3. The Kier molecular flexibility index (Phi) is 3.48. The van der Waals surface area contributed by atoms with Crippen LogP contribution in [0.4, 0.5) is 0 Å². The first kappa shape index (κ1) is 13.8. The average Bonchev–Trinajstić information content (AvgIpc) is 2.99. The second-order valence-corrected chi connectivity index (χ2v) is 6.14. The molecule has 0 N–H and O–H groups in total. The lowest BCUT2D eigenvalue weighted by atomic mass is 10.0. The molecular weight excluding hydrogens is 282 g/mol. The molecule has 0 bridgehead atoms. The normalized spacial score (nSPS) is 16.9. The fourth-order valence-electron chi connectivity index (χ4n) is 2.74. The Morgan fingerprint density at radius 1 is 1.43 bits per heavy atom. The van der Waals surface area contributed by atoms with E-state index in [4.69, 9.17) is 0 Å². The van der Waals surface area contributed by atoms with Gasteiger partial charge in [0.15, 0.2) is 0 Å². The summed E-state index contributed by atoms with van der Waals surface area (Å²) in [6.07, 6.45) is 0.690. The molecule has 1 aromatic heterocycles.